The van der Waals surface area contributed by atoms with Gasteiger partial charge in [-0.15, -0.1) is 0 Å². The van der Waals surface area contributed by atoms with Gasteiger partial charge < -0.3 is 28.4 Å². The van der Waals surface area contributed by atoms with E-state index in [1.807, 2.05) is 62.4 Å². The molecule has 0 aromatic heterocycles. The minimum absolute atomic E-state index is 0.239. The van der Waals surface area contributed by atoms with E-state index in [0.29, 0.717) is 67.8 Å². The van der Waals surface area contributed by atoms with Crippen molar-refractivity contribution in [3.05, 3.63) is 127 Å². The molecule has 4 aliphatic carbocycles. The number of carbonyl (C=O) groups excluding carboxylic acids is 3. The second kappa shape index (κ2) is 32.0. The molecule has 7 rings (SSSR count). The van der Waals surface area contributed by atoms with Crippen molar-refractivity contribution < 1.29 is 42.8 Å². The molecule has 0 N–H and O–H groups in total. The highest BCUT2D eigenvalue weighted by atomic mass is 16.6. The van der Waals surface area contributed by atoms with Crippen molar-refractivity contribution in [3.63, 3.8) is 0 Å². The van der Waals surface area contributed by atoms with Gasteiger partial charge in [-0.2, -0.15) is 0 Å². The lowest BCUT2D eigenvalue weighted by Gasteiger charge is -2.41. The Bertz CT molecular complexity index is 2290. The number of ether oxygens (including phenoxy) is 6. The second-order valence-electron chi connectivity index (χ2n) is 22.0. The topological polar surface area (TPSA) is 107 Å². The van der Waals surface area contributed by atoms with Crippen LogP contribution in [-0.4, -0.2) is 55.5 Å². The lowest BCUT2D eigenvalue weighted by molar-refractivity contribution is -0.138. The molecule has 0 amide bonds. The molecular weight excluding hydrogens is 973 g/mol. The summed E-state index contributed by atoms with van der Waals surface area (Å²) in [6.07, 6.45) is 26.5. The molecule has 9 nitrogen and oxygen atoms in total. The van der Waals surface area contributed by atoms with Crippen LogP contribution in [0.25, 0.3) is 5.76 Å². The minimum Gasteiger partial charge on any atom is -0.493 e. The van der Waals surface area contributed by atoms with Gasteiger partial charge in [-0.05, 0) is 191 Å². The predicted octanol–water partition coefficient (Wildman–Crippen LogP) is 16.0. The number of benzene rings is 3. The fourth-order valence-electron chi connectivity index (χ4n) is 12.3. The van der Waals surface area contributed by atoms with Crippen molar-refractivity contribution in [2.45, 2.75) is 180 Å². The fraction of sp³-hybridized carbons (Fsp3) is 0.551. The van der Waals surface area contributed by atoms with Crippen LogP contribution >= 0.6 is 0 Å². The minimum atomic E-state index is -0.903. The Kier molecular flexibility index (Phi) is 25.1. The van der Waals surface area contributed by atoms with Crippen LogP contribution in [-0.2, 0) is 28.5 Å². The summed E-state index contributed by atoms with van der Waals surface area (Å²) in [6, 6.07) is 22.9. The number of rotatable bonds is 23. The molecule has 0 heterocycles. The van der Waals surface area contributed by atoms with Gasteiger partial charge in [0.25, 0.3) is 0 Å². The maximum atomic E-state index is 13.9. The van der Waals surface area contributed by atoms with Crippen molar-refractivity contribution in [3.8, 4) is 35.2 Å². The van der Waals surface area contributed by atoms with Gasteiger partial charge >= 0.3 is 17.9 Å². The molecule has 0 radical (unpaired) electrons. The van der Waals surface area contributed by atoms with Crippen molar-refractivity contribution in [2.75, 3.05) is 26.4 Å². The molecule has 9 heteroatoms. The third kappa shape index (κ3) is 19.0. The molecule has 0 aliphatic heterocycles. The smallest absolute Gasteiger partial charge is 0.339 e. The fourth-order valence-corrected chi connectivity index (χ4v) is 12.3. The second-order valence-corrected chi connectivity index (χ2v) is 22.0. The molecule has 0 saturated heterocycles. The van der Waals surface area contributed by atoms with Crippen molar-refractivity contribution in [1.29, 1.82) is 0 Å². The molecule has 3 aromatic carbocycles. The van der Waals surface area contributed by atoms with Gasteiger partial charge in [-0.25, -0.2) is 14.4 Å². The van der Waals surface area contributed by atoms with Gasteiger partial charge in [0.2, 0.25) is 0 Å². The third-order valence-electron chi connectivity index (χ3n) is 16.7. The first-order valence-corrected chi connectivity index (χ1v) is 29.8. The molecule has 0 unspecified atom stereocenters. The highest BCUT2D eigenvalue weighted by Gasteiger charge is 2.42. The molecule has 0 bridgehead atoms. The number of hydrogen-bond donors (Lipinski definition) is 0. The van der Waals surface area contributed by atoms with Crippen LogP contribution in [0.15, 0.2) is 105 Å². The number of hydrogen-bond acceptors (Lipinski definition) is 9. The largest absolute Gasteiger partial charge is 0.493 e. The zero-order valence-corrected chi connectivity index (χ0v) is 47.7. The summed E-state index contributed by atoms with van der Waals surface area (Å²) in [4.78, 5) is 36.6. The predicted molar refractivity (Wildman–Crippen MR) is 313 cm³/mol. The molecule has 0 atom stereocenters. The van der Waals surface area contributed by atoms with Gasteiger partial charge in [0.1, 0.15) is 17.3 Å². The van der Waals surface area contributed by atoms with Gasteiger partial charge in [-0.1, -0.05) is 117 Å². The highest BCUT2D eigenvalue weighted by Crippen LogP contribution is 2.47. The van der Waals surface area contributed by atoms with Gasteiger partial charge in [0.15, 0.2) is 11.2 Å². The lowest BCUT2D eigenvalue weighted by atomic mass is 9.67. The van der Waals surface area contributed by atoms with Crippen LogP contribution in [0.1, 0.15) is 196 Å². The summed E-state index contributed by atoms with van der Waals surface area (Å²) in [6.45, 7) is 21.2. The van der Waals surface area contributed by atoms with E-state index in [-0.39, 0.29) is 13.2 Å². The monoisotopic (exact) mass is 1060 g/mol. The molecule has 78 heavy (non-hydrogen) atoms. The summed E-state index contributed by atoms with van der Waals surface area (Å²) in [5, 5.41) is 0. The Morgan fingerprint density at radius 1 is 0.513 bits per heavy atom. The van der Waals surface area contributed by atoms with E-state index >= 15 is 0 Å². The van der Waals surface area contributed by atoms with Crippen LogP contribution in [0.4, 0.5) is 0 Å². The van der Waals surface area contributed by atoms with Crippen LogP contribution in [0.3, 0.4) is 0 Å². The lowest BCUT2D eigenvalue weighted by Crippen LogP contribution is -2.39. The number of carbonyl (C=O) groups is 3. The third-order valence-corrected chi connectivity index (χ3v) is 16.7. The first-order valence-electron chi connectivity index (χ1n) is 29.8. The summed E-state index contributed by atoms with van der Waals surface area (Å²) in [7, 11) is 0. The maximum Gasteiger partial charge on any atom is 0.339 e. The van der Waals surface area contributed by atoms with E-state index in [0.717, 1.165) is 96.8 Å². The maximum absolute atomic E-state index is 13.9. The van der Waals surface area contributed by atoms with Crippen molar-refractivity contribution in [2.24, 2.45) is 35.5 Å². The number of esters is 3. The molecule has 4 fully saturated rings. The summed E-state index contributed by atoms with van der Waals surface area (Å²) in [5.74, 6) is 19.3. The quantitative estimate of drug-likeness (QED) is 0.0229. The summed E-state index contributed by atoms with van der Waals surface area (Å²) >= 11 is 0. The Balaban J connectivity index is 0.00000486. The van der Waals surface area contributed by atoms with E-state index in [1.54, 1.807) is 24.3 Å². The van der Waals surface area contributed by atoms with Crippen LogP contribution in [0, 0.1) is 59.2 Å². The molecule has 3 aromatic rings. The normalized spacial score (nSPS) is 24.6. The van der Waals surface area contributed by atoms with Crippen LogP contribution in [0.5, 0.6) is 11.5 Å². The molecule has 420 valence electrons. The van der Waals surface area contributed by atoms with Crippen molar-refractivity contribution in [1.82, 2.24) is 0 Å². The Morgan fingerprint density at radius 3 is 1.27 bits per heavy atom. The zero-order valence-electron chi connectivity index (χ0n) is 47.7. The van der Waals surface area contributed by atoms with E-state index in [2.05, 4.69) is 57.3 Å². The Morgan fingerprint density at radius 2 is 0.885 bits per heavy atom. The van der Waals surface area contributed by atoms with Crippen LogP contribution < -0.4 is 9.47 Å². The Labute approximate surface area is 468 Å². The molecular formula is C69H90O9. The highest BCUT2D eigenvalue weighted by molar-refractivity contribution is 5.90. The van der Waals surface area contributed by atoms with E-state index in [9.17, 15) is 14.4 Å². The van der Waals surface area contributed by atoms with Gasteiger partial charge in [0.05, 0.1) is 32.0 Å². The standard InChI is InChI=1S/C67H84O9.C2H6/c1-6-12-51-18-22-56(23-19-51)58-36-42-66(43-37-58,75-50(5)55-26-30-61(31-27-55)71-46-10-48-73-63(68)8-3)40-34-53-14-16-54(17-15-53)35-41-67(44-38-59(39-45-67)57-24-20-52(13-7-2)21-25-57)76-65(70)60-28-32-62(33-29-60)72-47-11-49-74-64(69)9-4;1-2/h8-9,14-17,26-33,51-52,56-59H,3-7,10-13,18-25,36-39,42-49H2,1-2H3;1-2H3. The average Bonchev–Trinajstić information content (AvgIpc) is 3.50. The van der Waals surface area contributed by atoms with Gasteiger partial charge in [0, 0.05) is 41.7 Å². The molecule has 0 spiro atoms. The average molecular weight is 1060 g/mol. The first-order chi connectivity index (χ1) is 38.0. The Hall–Kier alpha value is -6.19. The molecule has 4 saturated carbocycles. The summed E-state index contributed by atoms with van der Waals surface area (Å²) < 4.78 is 35.2. The van der Waals surface area contributed by atoms with E-state index in [4.69, 9.17) is 28.4 Å². The SMILES string of the molecule is C=CC(=O)OCCCOc1ccc(C(=C)OC2(C#Cc3ccc(C#CC4(OC(=O)c5ccc(OCCCOC(=O)C=C)cc5)CCC(C5CCC(CCC)CC5)CC4)cc3)CCC(C3CCC(CCC)CC3)CC2)cc1.CC. The van der Waals surface area contributed by atoms with E-state index in [1.165, 1.54) is 77.0 Å². The summed E-state index contributed by atoms with van der Waals surface area (Å²) in [5.41, 5.74) is 1.47. The van der Waals surface area contributed by atoms with Crippen molar-refractivity contribution >= 4 is 23.7 Å². The van der Waals surface area contributed by atoms with E-state index < -0.39 is 29.1 Å². The zero-order chi connectivity index (χ0) is 55.6. The van der Waals surface area contributed by atoms with Crippen LogP contribution in [0.2, 0.25) is 0 Å². The first kappa shape index (κ1) is 61.0. The molecule has 4 aliphatic rings. The van der Waals surface area contributed by atoms with Gasteiger partial charge in [-0.3, -0.25) is 0 Å².